The van der Waals surface area contributed by atoms with Crippen LogP contribution in [0.2, 0.25) is 0 Å². The third kappa shape index (κ3) is 3.28. The van der Waals surface area contributed by atoms with Gasteiger partial charge < -0.3 is 10.2 Å². The van der Waals surface area contributed by atoms with Gasteiger partial charge in [-0.15, -0.1) is 11.8 Å². The summed E-state index contributed by atoms with van der Waals surface area (Å²) in [6, 6.07) is 8.78. The Labute approximate surface area is 145 Å². The highest BCUT2D eigenvalue weighted by molar-refractivity contribution is 7.99. The summed E-state index contributed by atoms with van der Waals surface area (Å²) in [5, 5.41) is 2.97. The van der Waals surface area contributed by atoms with Crippen molar-refractivity contribution in [3.63, 3.8) is 0 Å². The molecule has 0 radical (unpaired) electrons. The first-order chi connectivity index (χ1) is 11.6. The molecule has 0 bridgehead atoms. The van der Waals surface area contributed by atoms with Crippen LogP contribution >= 0.6 is 11.8 Å². The minimum atomic E-state index is -0.470. The zero-order valence-corrected chi connectivity index (χ0v) is 14.5. The highest BCUT2D eigenvalue weighted by Crippen LogP contribution is 2.25. The van der Waals surface area contributed by atoms with E-state index in [-0.39, 0.29) is 11.8 Å². The highest BCUT2D eigenvalue weighted by Gasteiger charge is 2.35. The predicted octanol–water partition coefficient (Wildman–Crippen LogP) is 2.85. The van der Waals surface area contributed by atoms with Crippen LogP contribution in [-0.2, 0) is 4.79 Å². The van der Waals surface area contributed by atoms with Gasteiger partial charge in [0.25, 0.3) is 5.91 Å². The molecule has 0 spiro atoms. The van der Waals surface area contributed by atoms with Gasteiger partial charge in [-0.3, -0.25) is 14.6 Å². The molecule has 1 aliphatic heterocycles. The van der Waals surface area contributed by atoms with Crippen molar-refractivity contribution in [2.75, 3.05) is 16.9 Å². The molecule has 1 fully saturated rings. The van der Waals surface area contributed by atoms with Gasteiger partial charge in [-0.05, 0) is 43.2 Å². The van der Waals surface area contributed by atoms with Crippen molar-refractivity contribution in [2.24, 2.45) is 0 Å². The summed E-state index contributed by atoms with van der Waals surface area (Å²) in [5.41, 5.74) is 3.47. The Balaban J connectivity index is 1.76. The van der Waals surface area contributed by atoms with E-state index in [9.17, 15) is 9.59 Å². The van der Waals surface area contributed by atoms with E-state index in [4.69, 9.17) is 0 Å². The molecule has 1 aromatic carbocycles. The van der Waals surface area contributed by atoms with Gasteiger partial charge in [0.2, 0.25) is 5.91 Å². The number of amides is 2. The topological polar surface area (TPSA) is 62.3 Å². The molecule has 1 aromatic heterocycles. The van der Waals surface area contributed by atoms with Gasteiger partial charge in [-0.1, -0.05) is 12.1 Å². The van der Waals surface area contributed by atoms with Gasteiger partial charge in [0.15, 0.2) is 0 Å². The van der Waals surface area contributed by atoms with Crippen molar-refractivity contribution in [2.45, 2.75) is 19.9 Å². The van der Waals surface area contributed by atoms with Gasteiger partial charge in [0.1, 0.15) is 6.04 Å². The molecule has 2 heterocycles. The second kappa shape index (κ2) is 7.05. The van der Waals surface area contributed by atoms with Crippen molar-refractivity contribution in [1.82, 2.24) is 9.88 Å². The van der Waals surface area contributed by atoms with E-state index in [0.29, 0.717) is 17.2 Å². The number of benzene rings is 1. The number of pyridine rings is 1. The molecule has 1 aliphatic rings. The summed E-state index contributed by atoms with van der Waals surface area (Å²) < 4.78 is 0. The Kier molecular flexibility index (Phi) is 4.85. The molecular weight excluding hydrogens is 322 g/mol. The smallest absolute Gasteiger partial charge is 0.256 e. The predicted molar refractivity (Wildman–Crippen MR) is 96.1 cm³/mol. The quantitative estimate of drug-likeness (QED) is 0.932. The van der Waals surface area contributed by atoms with Crippen molar-refractivity contribution in [1.29, 1.82) is 0 Å². The summed E-state index contributed by atoms with van der Waals surface area (Å²) in [4.78, 5) is 30.9. The molecule has 1 saturated heterocycles. The number of hydrogen-bond acceptors (Lipinski definition) is 4. The average Bonchev–Trinajstić information content (AvgIpc) is 3.09. The number of nitrogens with one attached hydrogen (secondary N) is 1. The number of nitrogens with zero attached hydrogens (tertiary/aromatic N) is 2. The molecule has 0 saturated carbocycles. The van der Waals surface area contributed by atoms with Crippen molar-refractivity contribution >= 4 is 29.3 Å². The maximum absolute atomic E-state index is 12.7. The normalized spacial score (nSPS) is 16.9. The number of hydrogen-bond donors (Lipinski definition) is 1. The fourth-order valence-corrected chi connectivity index (χ4v) is 3.77. The third-order valence-corrected chi connectivity index (χ3v) is 5.23. The van der Waals surface area contributed by atoms with E-state index in [0.717, 1.165) is 16.8 Å². The molecule has 24 heavy (non-hydrogen) atoms. The van der Waals surface area contributed by atoms with Crippen LogP contribution in [0.3, 0.4) is 0 Å². The Bertz CT molecular complexity index is 764. The third-order valence-electron chi connectivity index (χ3n) is 4.22. The molecule has 2 amide bonds. The maximum atomic E-state index is 12.7. The van der Waals surface area contributed by atoms with E-state index in [1.807, 2.05) is 32.0 Å². The molecule has 1 N–H and O–H groups in total. The van der Waals surface area contributed by atoms with Gasteiger partial charge >= 0.3 is 0 Å². The van der Waals surface area contributed by atoms with Crippen molar-refractivity contribution in [3.8, 4) is 0 Å². The van der Waals surface area contributed by atoms with Crippen LogP contribution in [0.5, 0.6) is 0 Å². The average molecular weight is 341 g/mol. The number of anilines is 1. The van der Waals surface area contributed by atoms with Gasteiger partial charge in [-0.2, -0.15) is 0 Å². The zero-order chi connectivity index (χ0) is 17.1. The second-order valence-corrected chi connectivity index (χ2v) is 6.77. The Morgan fingerprint density at radius 1 is 1.25 bits per heavy atom. The Hall–Kier alpha value is -2.34. The van der Waals surface area contributed by atoms with Crippen LogP contribution in [0.4, 0.5) is 5.69 Å². The first-order valence-corrected chi connectivity index (χ1v) is 8.89. The number of rotatable bonds is 3. The van der Waals surface area contributed by atoms with E-state index in [1.54, 1.807) is 35.0 Å². The van der Waals surface area contributed by atoms with E-state index < -0.39 is 6.04 Å². The number of aryl methyl sites for hydroxylation is 1. The molecule has 0 aliphatic carbocycles. The van der Waals surface area contributed by atoms with Crippen molar-refractivity contribution < 1.29 is 9.59 Å². The maximum Gasteiger partial charge on any atom is 0.256 e. The molecule has 0 unspecified atom stereocenters. The van der Waals surface area contributed by atoms with Gasteiger partial charge in [0, 0.05) is 23.8 Å². The number of carbonyl (C=O) groups is 2. The molecule has 2 aromatic rings. The first kappa shape index (κ1) is 16.5. The van der Waals surface area contributed by atoms with E-state index >= 15 is 0 Å². The lowest BCUT2D eigenvalue weighted by Crippen LogP contribution is -2.44. The fourth-order valence-electron chi connectivity index (χ4n) is 2.62. The summed E-state index contributed by atoms with van der Waals surface area (Å²) in [5.74, 6) is 0.807. The lowest BCUT2D eigenvalue weighted by Gasteiger charge is -2.23. The standard InChI is InChI=1S/C18H19N3O2S/c1-12-5-3-7-15(13(12)2)20-17(22)16-10-24-11-21(16)18(23)14-6-4-8-19-9-14/h3-9,16H,10-11H2,1-2H3,(H,20,22)/t16-/m1/s1. The van der Waals surface area contributed by atoms with E-state index in [1.165, 1.54) is 6.20 Å². The summed E-state index contributed by atoms with van der Waals surface area (Å²) in [6.07, 6.45) is 3.16. The second-order valence-electron chi connectivity index (χ2n) is 5.77. The van der Waals surface area contributed by atoms with Crippen LogP contribution in [0, 0.1) is 13.8 Å². The van der Waals surface area contributed by atoms with E-state index in [2.05, 4.69) is 10.3 Å². The number of carbonyl (C=O) groups excluding carboxylic acids is 2. The number of thioether (sulfide) groups is 1. The van der Waals surface area contributed by atoms with Crippen LogP contribution < -0.4 is 5.32 Å². The lowest BCUT2D eigenvalue weighted by molar-refractivity contribution is -0.119. The molecule has 6 heteroatoms. The molecule has 3 rings (SSSR count). The summed E-state index contributed by atoms with van der Waals surface area (Å²) >= 11 is 1.58. The molecule has 1 atom stereocenters. The Morgan fingerprint density at radius 3 is 2.83 bits per heavy atom. The molecule has 5 nitrogen and oxygen atoms in total. The van der Waals surface area contributed by atoms with Crippen LogP contribution in [0.25, 0.3) is 0 Å². The molecular formula is C18H19N3O2S. The fraction of sp³-hybridized carbons (Fsp3) is 0.278. The summed E-state index contributed by atoms with van der Waals surface area (Å²) in [6.45, 7) is 3.99. The van der Waals surface area contributed by atoms with Crippen molar-refractivity contribution in [3.05, 3.63) is 59.4 Å². The van der Waals surface area contributed by atoms with Crippen LogP contribution in [0.15, 0.2) is 42.7 Å². The number of aromatic nitrogens is 1. The lowest BCUT2D eigenvalue weighted by atomic mass is 10.1. The largest absolute Gasteiger partial charge is 0.324 e. The van der Waals surface area contributed by atoms with Crippen LogP contribution in [0.1, 0.15) is 21.5 Å². The van der Waals surface area contributed by atoms with Gasteiger partial charge in [0.05, 0.1) is 11.4 Å². The minimum absolute atomic E-state index is 0.147. The van der Waals surface area contributed by atoms with Gasteiger partial charge in [-0.25, -0.2) is 0 Å². The zero-order valence-electron chi connectivity index (χ0n) is 13.7. The minimum Gasteiger partial charge on any atom is -0.324 e. The SMILES string of the molecule is Cc1cccc(NC(=O)[C@H]2CSCN2C(=O)c2cccnc2)c1C. The highest BCUT2D eigenvalue weighted by atomic mass is 32.2. The van der Waals surface area contributed by atoms with Crippen LogP contribution in [-0.4, -0.2) is 39.4 Å². The molecule has 124 valence electrons. The Morgan fingerprint density at radius 2 is 2.08 bits per heavy atom. The first-order valence-electron chi connectivity index (χ1n) is 7.73. The summed E-state index contributed by atoms with van der Waals surface area (Å²) in [7, 11) is 0. The monoisotopic (exact) mass is 341 g/mol.